The van der Waals surface area contributed by atoms with E-state index in [1.165, 1.54) is 17.7 Å². The van der Waals surface area contributed by atoms with Gasteiger partial charge in [-0.3, -0.25) is 10.1 Å². The predicted molar refractivity (Wildman–Crippen MR) is 107 cm³/mol. The molecule has 4 rings (SSSR count). The van der Waals surface area contributed by atoms with E-state index in [2.05, 4.69) is 36.9 Å². The summed E-state index contributed by atoms with van der Waals surface area (Å²) >= 11 is 1.76. The maximum atomic E-state index is 11.7. The molecule has 2 aliphatic rings. The quantitative estimate of drug-likeness (QED) is 0.499. The molecule has 1 atom stereocenters. The minimum atomic E-state index is -1.20. The van der Waals surface area contributed by atoms with Gasteiger partial charge in [-0.15, -0.1) is 0 Å². The second-order valence-corrected chi connectivity index (χ2v) is 8.19. The highest BCUT2D eigenvalue weighted by Crippen LogP contribution is 2.39. The Morgan fingerprint density at radius 2 is 1.96 bits per heavy atom. The molecule has 0 saturated heterocycles. The van der Waals surface area contributed by atoms with Crippen molar-refractivity contribution < 1.29 is 14.6 Å². The fourth-order valence-corrected chi connectivity index (χ4v) is 4.97. The maximum absolute atomic E-state index is 11.7. The summed E-state index contributed by atoms with van der Waals surface area (Å²) in [6.45, 7) is 5.31. The smallest absolute Gasteiger partial charge is 0.316 e. The first-order valence-electron chi connectivity index (χ1n) is 8.99. The Hall–Kier alpha value is -2.38. The van der Waals surface area contributed by atoms with Gasteiger partial charge in [0.05, 0.1) is 11.5 Å². The van der Waals surface area contributed by atoms with Crippen LogP contribution in [-0.2, 0) is 5.72 Å². The zero-order valence-corrected chi connectivity index (χ0v) is 16.2. The van der Waals surface area contributed by atoms with Crippen LogP contribution in [0.2, 0.25) is 0 Å². The monoisotopic (exact) mass is 384 g/mol. The molecule has 2 aromatic carbocycles. The van der Waals surface area contributed by atoms with Gasteiger partial charge in [0.2, 0.25) is 0 Å². The van der Waals surface area contributed by atoms with Gasteiger partial charge >= 0.3 is 5.17 Å². The van der Waals surface area contributed by atoms with Crippen LogP contribution < -0.4 is 4.90 Å². The molecule has 1 N–H and O–H groups in total. The lowest BCUT2D eigenvalue weighted by molar-refractivity contribution is -0.656. The molecule has 0 aliphatic carbocycles. The number of hydrogen-bond acceptors (Lipinski definition) is 5. The van der Waals surface area contributed by atoms with Crippen molar-refractivity contribution in [2.75, 3.05) is 23.7 Å². The number of nitrogens with zero attached hydrogens (tertiary/aromatic N) is 3. The summed E-state index contributed by atoms with van der Waals surface area (Å²) in [5, 5.41) is 23.7. The Labute approximate surface area is 162 Å². The van der Waals surface area contributed by atoms with Gasteiger partial charge in [-0.1, -0.05) is 12.1 Å². The van der Waals surface area contributed by atoms with Gasteiger partial charge in [0.25, 0.3) is 11.4 Å². The Kier molecular flexibility index (Phi) is 4.44. The fourth-order valence-electron chi connectivity index (χ4n) is 3.80. The van der Waals surface area contributed by atoms with Crippen molar-refractivity contribution in [3.05, 3.63) is 69.3 Å². The molecule has 0 fully saturated rings. The number of β-amino-alcohol motifs (C(OH)–C–C–N with tert-alkyl or cyclic N) is 1. The second-order valence-electron chi connectivity index (χ2n) is 7.13. The van der Waals surface area contributed by atoms with Crippen LogP contribution in [0.1, 0.15) is 23.1 Å². The van der Waals surface area contributed by atoms with Crippen LogP contribution in [0.3, 0.4) is 0 Å². The van der Waals surface area contributed by atoms with Crippen molar-refractivity contribution in [2.24, 2.45) is 0 Å². The molecular weight excluding hydrogens is 362 g/mol. The lowest BCUT2D eigenvalue weighted by Gasteiger charge is -2.24. The molecule has 0 aromatic heterocycles. The molecule has 6 nitrogen and oxygen atoms in total. The van der Waals surface area contributed by atoms with Crippen molar-refractivity contribution in [3.63, 3.8) is 0 Å². The predicted octanol–water partition coefficient (Wildman–Crippen LogP) is 3.38. The largest absolute Gasteiger partial charge is 0.346 e. The minimum Gasteiger partial charge on any atom is -0.346 e. The summed E-state index contributed by atoms with van der Waals surface area (Å²) in [7, 11) is 0. The van der Waals surface area contributed by atoms with Gasteiger partial charge in [0.1, 0.15) is 5.69 Å². The van der Waals surface area contributed by atoms with Crippen molar-refractivity contribution in [1.29, 1.82) is 0 Å². The number of nitro groups is 1. The number of aryl methyl sites for hydroxylation is 2. The summed E-state index contributed by atoms with van der Waals surface area (Å²) in [5.74, 6) is 1.02. The number of benzene rings is 2. The first-order chi connectivity index (χ1) is 12.9. The first kappa shape index (κ1) is 18.0. The highest BCUT2D eigenvalue weighted by Gasteiger charge is 2.53. The third kappa shape index (κ3) is 3.00. The molecule has 7 heteroatoms. The second kappa shape index (κ2) is 6.65. The Morgan fingerprint density at radius 3 is 2.67 bits per heavy atom. The van der Waals surface area contributed by atoms with Gasteiger partial charge in [-0.05, 0) is 61.4 Å². The average Bonchev–Trinajstić information content (AvgIpc) is 2.98. The van der Waals surface area contributed by atoms with E-state index in [-0.39, 0.29) is 5.69 Å². The van der Waals surface area contributed by atoms with E-state index in [1.807, 2.05) is 4.58 Å². The summed E-state index contributed by atoms with van der Waals surface area (Å²) in [5.41, 5.74) is 2.95. The molecule has 0 amide bonds. The summed E-state index contributed by atoms with van der Waals surface area (Å²) in [4.78, 5) is 12.7. The van der Waals surface area contributed by atoms with Crippen LogP contribution in [-0.4, -0.2) is 38.6 Å². The van der Waals surface area contributed by atoms with Crippen LogP contribution >= 0.6 is 11.8 Å². The number of thioether (sulfide) groups is 1. The number of aliphatic hydroxyl groups is 1. The van der Waals surface area contributed by atoms with Gasteiger partial charge in [0, 0.05) is 23.4 Å². The third-order valence-electron chi connectivity index (χ3n) is 5.24. The third-order valence-corrected chi connectivity index (χ3v) is 6.43. The van der Waals surface area contributed by atoms with Crippen LogP contribution in [0.5, 0.6) is 0 Å². The maximum Gasteiger partial charge on any atom is 0.316 e. The van der Waals surface area contributed by atoms with Crippen LogP contribution in [0.25, 0.3) is 0 Å². The van der Waals surface area contributed by atoms with E-state index in [4.69, 9.17) is 0 Å². The molecule has 140 valence electrons. The molecule has 27 heavy (non-hydrogen) atoms. The van der Waals surface area contributed by atoms with E-state index in [0.717, 1.165) is 35.1 Å². The van der Waals surface area contributed by atoms with Crippen molar-refractivity contribution in [3.8, 4) is 0 Å². The molecule has 2 aliphatic heterocycles. The SMILES string of the molecule is Cc1ccc(C)c(N2C[C@](O)(c3ccc([N+](=O)[O-])cc3)[N+]3=C2SCCC3)c1. The number of non-ortho nitro benzene ring substituents is 1. The van der Waals surface area contributed by atoms with Crippen LogP contribution in [0, 0.1) is 24.0 Å². The fraction of sp³-hybridized carbons (Fsp3) is 0.350. The number of anilines is 1. The zero-order chi connectivity index (χ0) is 19.2. The first-order valence-corrected chi connectivity index (χ1v) is 9.98. The summed E-state index contributed by atoms with van der Waals surface area (Å²) in [6.07, 6.45) is 0.990. The highest BCUT2D eigenvalue weighted by molar-refractivity contribution is 8.13. The van der Waals surface area contributed by atoms with Gasteiger partial charge < -0.3 is 5.11 Å². The lowest BCUT2D eigenvalue weighted by Crippen LogP contribution is -2.41. The standard InChI is InChI=1S/C20H22N3O3S/c1-14-4-5-15(2)18(12-14)21-13-20(24,22-10-3-11-27-19(21)22)16-6-8-17(9-7-16)23(25)26/h4-9,12,24H,3,10-11,13H2,1-2H3/q+1/t20-/m0/s1. The van der Waals surface area contributed by atoms with Gasteiger partial charge in [-0.2, -0.15) is 0 Å². The van der Waals surface area contributed by atoms with E-state index < -0.39 is 10.6 Å². The topological polar surface area (TPSA) is 69.6 Å². The molecule has 2 aromatic rings. The number of amidine groups is 1. The number of nitro benzene ring substituents is 1. The molecule has 0 unspecified atom stereocenters. The van der Waals surface area contributed by atoms with Gasteiger partial charge in [-0.25, -0.2) is 9.48 Å². The number of rotatable bonds is 3. The summed E-state index contributed by atoms with van der Waals surface area (Å²) < 4.78 is 2.05. The van der Waals surface area contributed by atoms with Crippen molar-refractivity contribution in [1.82, 2.24) is 0 Å². The van der Waals surface area contributed by atoms with E-state index >= 15 is 0 Å². The Morgan fingerprint density at radius 1 is 1.22 bits per heavy atom. The molecule has 0 saturated carbocycles. The average molecular weight is 384 g/mol. The Bertz CT molecular complexity index is 942. The van der Waals surface area contributed by atoms with E-state index in [1.54, 1.807) is 23.9 Å². The van der Waals surface area contributed by atoms with Crippen molar-refractivity contribution >= 4 is 28.3 Å². The molecule has 0 spiro atoms. The molecule has 0 bridgehead atoms. The van der Waals surface area contributed by atoms with Crippen LogP contribution in [0.4, 0.5) is 11.4 Å². The zero-order valence-electron chi connectivity index (χ0n) is 15.4. The minimum absolute atomic E-state index is 0.0314. The van der Waals surface area contributed by atoms with E-state index in [0.29, 0.717) is 12.1 Å². The van der Waals surface area contributed by atoms with Crippen LogP contribution in [0.15, 0.2) is 42.5 Å². The van der Waals surface area contributed by atoms with E-state index in [9.17, 15) is 15.2 Å². The van der Waals surface area contributed by atoms with Crippen molar-refractivity contribution in [2.45, 2.75) is 26.0 Å². The highest BCUT2D eigenvalue weighted by atomic mass is 32.2. The van der Waals surface area contributed by atoms with Gasteiger partial charge in [0.15, 0.2) is 6.54 Å². The molecule has 0 radical (unpaired) electrons. The molecule has 2 heterocycles. The normalized spacial score (nSPS) is 22.1. The number of hydrogen-bond donors (Lipinski definition) is 1. The lowest BCUT2D eigenvalue weighted by atomic mass is 10.0. The summed E-state index contributed by atoms with van der Waals surface area (Å²) in [6, 6.07) is 12.6. The molecular formula is C20H22N3O3S+. The Balaban J connectivity index is 1.79.